The van der Waals surface area contributed by atoms with Crippen LogP contribution in [-0.4, -0.2) is 9.97 Å². The summed E-state index contributed by atoms with van der Waals surface area (Å²) in [5.74, 6) is 0. The summed E-state index contributed by atoms with van der Waals surface area (Å²) >= 11 is 2.94. The second-order valence-electron chi connectivity index (χ2n) is 1.44. The number of rotatable bonds is 0. The number of aromatic nitrogens is 2. The van der Waals surface area contributed by atoms with Gasteiger partial charge in [-0.2, -0.15) is 0 Å². The summed E-state index contributed by atoms with van der Waals surface area (Å²) in [7, 11) is 0. The first kappa shape index (κ1) is 6.28. The van der Waals surface area contributed by atoms with E-state index in [0.29, 0.717) is 4.60 Å². The largest absolute Gasteiger partial charge is 0.326 e. The summed E-state index contributed by atoms with van der Waals surface area (Å²) < 4.78 is 0.385. The van der Waals surface area contributed by atoms with Gasteiger partial charge in [0.1, 0.15) is 0 Å². The van der Waals surface area contributed by atoms with Crippen LogP contribution in [0.4, 0.5) is 0 Å². The maximum atomic E-state index is 10.4. The van der Waals surface area contributed by atoms with Gasteiger partial charge in [-0.25, -0.2) is 4.79 Å². The Hall–Kier alpha value is -0.840. The second-order valence-corrected chi connectivity index (χ2v) is 2.29. The van der Waals surface area contributed by atoms with Crippen molar-refractivity contribution in [3.8, 4) is 0 Å². The summed E-state index contributed by atoms with van der Waals surface area (Å²) in [4.78, 5) is 25.1. The van der Waals surface area contributed by atoms with Crippen LogP contribution in [0, 0.1) is 0 Å². The number of hydrogen-bond acceptors (Lipinski definition) is 2. The Morgan fingerprint density at radius 1 is 1.33 bits per heavy atom. The number of hydrogen-bond donors (Lipinski definition) is 2. The number of aromatic amines is 2. The highest BCUT2D eigenvalue weighted by Gasteiger charge is 1.87. The summed E-state index contributed by atoms with van der Waals surface area (Å²) in [6, 6.07) is 1.24. The molecule has 1 aromatic rings. The first-order chi connectivity index (χ1) is 4.18. The van der Waals surface area contributed by atoms with Crippen molar-refractivity contribution in [2.45, 2.75) is 0 Å². The van der Waals surface area contributed by atoms with Crippen molar-refractivity contribution in [3.05, 3.63) is 31.5 Å². The van der Waals surface area contributed by atoms with Gasteiger partial charge in [-0.15, -0.1) is 0 Å². The minimum Gasteiger partial charge on any atom is -0.301 e. The summed E-state index contributed by atoms with van der Waals surface area (Å²) in [5.41, 5.74) is -0.917. The molecule has 0 atom stereocenters. The summed E-state index contributed by atoms with van der Waals surface area (Å²) in [5, 5.41) is 0. The lowest BCUT2D eigenvalue weighted by Gasteiger charge is -1.83. The van der Waals surface area contributed by atoms with Crippen molar-refractivity contribution in [1.82, 2.24) is 9.97 Å². The van der Waals surface area contributed by atoms with Gasteiger partial charge < -0.3 is 4.98 Å². The van der Waals surface area contributed by atoms with Crippen LogP contribution < -0.4 is 11.2 Å². The molecule has 1 heterocycles. The molecular weight excluding hydrogens is 188 g/mol. The van der Waals surface area contributed by atoms with E-state index in [9.17, 15) is 9.59 Å². The van der Waals surface area contributed by atoms with Crippen LogP contribution in [0.1, 0.15) is 0 Å². The fourth-order valence-electron chi connectivity index (χ4n) is 0.439. The highest BCUT2D eigenvalue weighted by molar-refractivity contribution is 9.10. The van der Waals surface area contributed by atoms with Crippen LogP contribution in [0.2, 0.25) is 0 Å². The lowest BCUT2D eigenvalue weighted by atomic mass is 10.7. The molecule has 2 N–H and O–H groups in total. The molecule has 0 saturated heterocycles. The van der Waals surface area contributed by atoms with Crippen molar-refractivity contribution < 1.29 is 0 Å². The third-order valence-electron chi connectivity index (χ3n) is 0.727. The lowest BCUT2D eigenvalue weighted by molar-refractivity contribution is 1.02. The van der Waals surface area contributed by atoms with Gasteiger partial charge in [0.15, 0.2) is 0 Å². The van der Waals surface area contributed by atoms with Gasteiger partial charge in [-0.1, -0.05) is 0 Å². The Morgan fingerprint density at radius 2 is 2.00 bits per heavy atom. The Morgan fingerprint density at radius 3 is 2.44 bits per heavy atom. The predicted octanol–water partition coefficient (Wildman–Crippen LogP) is -0.174. The molecule has 0 aliphatic rings. The lowest BCUT2D eigenvalue weighted by Crippen LogP contribution is -2.20. The van der Waals surface area contributed by atoms with Crippen molar-refractivity contribution >= 4 is 15.9 Å². The van der Waals surface area contributed by atoms with E-state index >= 15 is 0 Å². The topological polar surface area (TPSA) is 65.7 Å². The van der Waals surface area contributed by atoms with Gasteiger partial charge in [0, 0.05) is 6.07 Å². The first-order valence-electron chi connectivity index (χ1n) is 2.17. The maximum absolute atomic E-state index is 10.4. The van der Waals surface area contributed by atoms with Crippen LogP contribution in [0.15, 0.2) is 20.3 Å². The first-order valence-corrected chi connectivity index (χ1v) is 2.97. The fraction of sp³-hybridized carbons (Fsp3) is 0. The quantitative estimate of drug-likeness (QED) is 0.559. The highest BCUT2D eigenvalue weighted by Crippen LogP contribution is 1.94. The zero-order valence-electron chi connectivity index (χ0n) is 4.27. The summed E-state index contributed by atoms with van der Waals surface area (Å²) in [6.07, 6.45) is 0. The second kappa shape index (κ2) is 2.18. The predicted molar refractivity (Wildman–Crippen MR) is 35.4 cm³/mol. The number of nitrogens with one attached hydrogen (secondary N) is 2. The van der Waals surface area contributed by atoms with E-state index < -0.39 is 11.2 Å². The van der Waals surface area contributed by atoms with Gasteiger partial charge in [0.2, 0.25) is 0 Å². The van der Waals surface area contributed by atoms with E-state index in [1.807, 2.05) is 4.98 Å². The average molecular weight is 191 g/mol. The molecule has 0 spiro atoms. The molecule has 0 aromatic carbocycles. The maximum Gasteiger partial charge on any atom is 0.326 e. The highest BCUT2D eigenvalue weighted by atomic mass is 79.9. The Kier molecular flexibility index (Phi) is 1.52. The molecule has 5 heteroatoms. The minimum atomic E-state index is -0.505. The molecule has 1 aromatic heterocycles. The van der Waals surface area contributed by atoms with Crippen LogP contribution >= 0.6 is 15.9 Å². The number of H-pyrrole nitrogens is 2. The van der Waals surface area contributed by atoms with Gasteiger partial charge >= 0.3 is 5.69 Å². The third kappa shape index (κ3) is 1.53. The number of halogens is 1. The Bertz CT molecular complexity index is 285. The van der Waals surface area contributed by atoms with E-state index in [4.69, 9.17) is 0 Å². The molecule has 0 aliphatic carbocycles. The average Bonchev–Trinajstić information content (AvgIpc) is 1.59. The van der Waals surface area contributed by atoms with Gasteiger partial charge in [-0.3, -0.25) is 9.78 Å². The minimum absolute atomic E-state index is 0.385. The van der Waals surface area contributed by atoms with Crippen LogP contribution in [0.25, 0.3) is 0 Å². The van der Waals surface area contributed by atoms with Crippen molar-refractivity contribution in [2.75, 3.05) is 0 Å². The fourth-order valence-corrected chi connectivity index (χ4v) is 0.827. The zero-order valence-corrected chi connectivity index (χ0v) is 5.86. The molecule has 0 fully saturated rings. The molecule has 1 rings (SSSR count). The van der Waals surface area contributed by atoms with Gasteiger partial charge in [-0.05, 0) is 15.9 Å². The molecule has 0 radical (unpaired) electrons. The van der Waals surface area contributed by atoms with Crippen LogP contribution in [0.5, 0.6) is 0 Å². The zero-order chi connectivity index (χ0) is 6.85. The molecule has 0 unspecified atom stereocenters. The third-order valence-corrected chi connectivity index (χ3v) is 1.15. The van der Waals surface area contributed by atoms with Crippen LogP contribution in [0.3, 0.4) is 0 Å². The molecule has 48 valence electrons. The van der Waals surface area contributed by atoms with Crippen LogP contribution in [-0.2, 0) is 0 Å². The van der Waals surface area contributed by atoms with E-state index in [-0.39, 0.29) is 0 Å². The molecule has 4 nitrogen and oxygen atoms in total. The molecule has 0 bridgehead atoms. The SMILES string of the molecule is O=c1cc(Br)[nH]c(=O)[nH]1. The van der Waals surface area contributed by atoms with Gasteiger partial charge in [0.25, 0.3) is 5.56 Å². The molecular formula is C4H3BrN2O2. The van der Waals surface area contributed by atoms with E-state index in [1.165, 1.54) is 6.07 Å². The monoisotopic (exact) mass is 190 g/mol. The van der Waals surface area contributed by atoms with E-state index in [1.54, 1.807) is 0 Å². The van der Waals surface area contributed by atoms with Crippen molar-refractivity contribution in [2.24, 2.45) is 0 Å². The van der Waals surface area contributed by atoms with Crippen molar-refractivity contribution in [3.63, 3.8) is 0 Å². The molecule has 0 saturated carbocycles. The van der Waals surface area contributed by atoms with E-state index in [0.717, 1.165) is 0 Å². The smallest absolute Gasteiger partial charge is 0.301 e. The normalized spacial score (nSPS) is 9.44. The van der Waals surface area contributed by atoms with Gasteiger partial charge in [0.05, 0.1) is 4.60 Å². The van der Waals surface area contributed by atoms with Crippen molar-refractivity contribution in [1.29, 1.82) is 0 Å². The standard InChI is InChI=1S/C4H3BrN2O2/c5-2-1-3(8)7-4(9)6-2/h1H,(H2,6,7,8,9). The summed E-state index contributed by atoms with van der Waals surface area (Å²) in [6.45, 7) is 0. The van der Waals surface area contributed by atoms with E-state index in [2.05, 4.69) is 20.9 Å². The molecule has 0 aliphatic heterocycles. The Labute approximate surface area is 58.1 Å². The Balaban J connectivity index is 3.52. The molecule has 9 heavy (non-hydrogen) atoms. The molecule has 0 amide bonds.